The van der Waals surface area contributed by atoms with Crippen LogP contribution in [0.25, 0.3) is 0 Å². The van der Waals surface area contributed by atoms with Crippen molar-refractivity contribution in [3.05, 3.63) is 30.7 Å². The highest BCUT2D eigenvalue weighted by atomic mass is 32.2. The van der Waals surface area contributed by atoms with Gasteiger partial charge in [-0.05, 0) is 13.3 Å². The number of sulfonamides is 1. The summed E-state index contributed by atoms with van der Waals surface area (Å²) >= 11 is 0. The van der Waals surface area contributed by atoms with E-state index in [9.17, 15) is 8.42 Å². The zero-order valence-electron chi connectivity index (χ0n) is 10.9. The number of aromatic nitrogens is 4. The second kappa shape index (κ2) is 5.54. The number of aryl methyl sites for hydroxylation is 1. The zero-order chi connectivity index (χ0) is 13.9. The average molecular weight is 283 g/mol. The van der Waals surface area contributed by atoms with E-state index in [1.165, 1.54) is 12.5 Å². The molecule has 2 rings (SSSR count). The number of nitrogens with one attached hydrogen (secondary N) is 2. The van der Waals surface area contributed by atoms with Gasteiger partial charge in [0, 0.05) is 25.1 Å². The van der Waals surface area contributed by atoms with E-state index in [0.717, 1.165) is 0 Å². The van der Waals surface area contributed by atoms with E-state index in [1.807, 2.05) is 13.8 Å². The number of rotatable bonds is 6. The Morgan fingerprint density at radius 3 is 2.74 bits per heavy atom. The molecule has 0 bridgehead atoms. The van der Waals surface area contributed by atoms with Crippen molar-refractivity contribution >= 4 is 10.0 Å². The number of hydrogen-bond acceptors (Lipinski definition) is 4. The van der Waals surface area contributed by atoms with Crippen LogP contribution in [0.3, 0.4) is 0 Å². The van der Waals surface area contributed by atoms with Crippen molar-refractivity contribution in [1.82, 2.24) is 24.2 Å². The van der Waals surface area contributed by atoms with Gasteiger partial charge < -0.3 is 9.55 Å². The first kappa shape index (κ1) is 13.8. The molecule has 2 aromatic rings. The molecule has 19 heavy (non-hydrogen) atoms. The van der Waals surface area contributed by atoms with Crippen molar-refractivity contribution in [2.75, 3.05) is 0 Å². The number of aromatic amines is 1. The predicted octanol–water partition coefficient (Wildman–Crippen LogP) is 1.06. The largest absolute Gasteiger partial charge is 0.347 e. The summed E-state index contributed by atoms with van der Waals surface area (Å²) in [6.07, 6.45) is 6.87. The monoisotopic (exact) mass is 283 g/mol. The topological polar surface area (TPSA) is 92.7 Å². The number of hydrogen-bond donors (Lipinski definition) is 2. The van der Waals surface area contributed by atoms with Crippen LogP contribution < -0.4 is 4.72 Å². The second-order valence-corrected chi connectivity index (χ2v) is 5.76. The predicted molar refractivity (Wildman–Crippen MR) is 69.8 cm³/mol. The molecule has 0 aliphatic carbocycles. The molecule has 0 aliphatic heterocycles. The second-order valence-electron chi connectivity index (χ2n) is 4.10. The fourth-order valence-corrected chi connectivity index (χ4v) is 2.93. The molecule has 1 atom stereocenters. The minimum atomic E-state index is -3.63. The molecule has 0 aromatic carbocycles. The first-order chi connectivity index (χ1) is 9.06. The van der Waals surface area contributed by atoms with Gasteiger partial charge >= 0.3 is 0 Å². The van der Waals surface area contributed by atoms with Gasteiger partial charge in [0.05, 0.1) is 12.4 Å². The Balaban J connectivity index is 2.20. The van der Waals surface area contributed by atoms with Gasteiger partial charge in [-0.15, -0.1) is 0 Å². The maximum Gasteiger partial charge on any atom is 0.260 e. The van der Waals surface area contributed by atoms with E-state index < -0.39 is 10.0 Å². The molecule has 7 nitrogen and oxygen atoms in total. The van der Waals surface area contributed by atoms with Gasteiger partial charge in [-0.25, -0.2) is 18.4 Å². The summed E-state index contributed by atoms with van der Waals surface area (Å²) in [5.74, 6) is 0.598. The molecule has 0 fully saturated rings. The standard InChI is InChI=1S/C11H17N5O2S/c1-3-9(11-12-5-6-13-11)15-19(17,18)10-7-16(4-2)8-14-10/h5-9,15H,3-4H2,1-2H3,(H,12,13). The van der Waals surface area contributed by atoms with Crippen LogP contribution in [0, 0.1) is 0 Å². The third-order valence-corrected chi connectivity index (χ3v) is 4.16. The fraction of sp³-hybridized carbons (Fsp3) is 0.455. The fourth-order valence-electron chi connectivity index (χ4n) is 1.70. The van der Waals surface area contributed by atoms with E-state index in [0.29, 0.717) is 18.8 Å². The van der Waals surface area contributed by atoms with Gasteiger partial charge in [0.1, 0.15) is 5.82 Å². The van der Waals surface area contributed by atoms with Gasteiger partial charge in [-0.3, -0.25) is 0 Å². The maximum absolute atomic E-state index is 12.2. The van der Waals surface area contributed by atoms with Crippen LogP contribution in [-0.2, 0) is 16.6 Å². The van der Waals surface area contributed by atoms with Gasteiger partial charge in [-0.2, -0.15) is 4.72 Å². The van der Waals surface area contributed by atoms with Crippen LogP contribution in [0.4, 0.5) is 0 Å². The first-order valence-electron chi connectivity index (χ1n) is 6.10. The molecule has 2 N–H and O–H groups in total. The smallest absolute Gasteiger partial charge is 0.260 e. The van der Waals surface area contributed by atoms with E-state index in [4.69, 9.17) is 0 Å². The summed E-state index contributed by atoms with van der Waals surface area (Å²) in [5, 5.41) is 0.0272. The molecule has 2 heterocycles. The molecular weight excluding hydrogens is 266 g/mol. The summed E-state index contributed by atoms with van der Waals surface area (Å²) in [5.41, 5.74) is 0. The van der Waals surface area contributed by atoms with Crippen LogP contribution >= 0.6 is 0 Å². The molecular formula is C11H17N5O2S. The van der Waals surface area contributed by atoms with Crippen LogP contribution in [-0.4, -0.2) is 27.9 Å². The highest BCUT2D eigenvalue weighted by Crippen LogP contribution is 2.16. The Morgan fingerprint density at radius 1 is 1.42 bits per heavy atom. The van der Waals surface area contributed by atoms with Gasteiger partial charge in [-0.1, -0.05) is 6.92 Å². The quantitative estimate of drug-likeness (QED) is 0.829. The molecule has 2 aromatic heterocycles. The normalized spacial score (nSPS) is 13.6. The molecule has 1 unspecified atom stereocenters. The van der Waals surface area contributed by atoms with Crippen molar-refractivity contribution in [1.29, 1.82) is 0 Å². The van der Waals surface area contributed by atoms with Crippen LogP contribution in [0.2, 0.25) is 0 Å². The van der Waals surface area contributed by atoms with Crippen LogP contribution in [0.1, 0.15) is 32.1 Å². The van der Waals surface area contributed by atoms with E-state index >= 15 is 0 Å². The Bertz CT molecular complexity index is 617. The third-order valence-electron chi connectivity index (χ3n) is 2.81. The number of imidazole rings is 2. The lowest BCUT2D eigenvalue weighted by Crippen LogP contribution is -2.29. The lowest BCUT2D eigenvalue weighted by atomic mass is 10.2. The maximum atomic E-state index is 12.2. The van der Waals surface area contributed by atoms with Crippen LogP contribution in [0.15, 0.2) is 29.9 Å². The third kappa shape index (κ3) is 3.02. The molecule has 0 saturated carbocycles. The molecule has 0 saturated heterocycles. The Morgan fingerprint density at radius 2 is 2.21 bits per heavy atom. The van der Waals surface area contributed by atoms with Gasteiger partial charge in [0.15, 0.2) is 5.03 Å². The highest BCUT2D eigenvalue weighted by molar-refractivity contribution is 7.89. The van der Waals surface area contributed by atoms with Crippen molar-refractivity contribution in [2.24, 2.45) is 0 Å². The minimum Gasteiger partial charge on any atom is -0.347 e. The van der Waals surface area contributed by atoms with Gasteiger partial charge in [0.2, 0.25) is 0 Å². The molecule has 0 spiro atoms. The average Bonchev–Trinajstić information content (AvgIpc) is 3.06. The van der Waals surface area contributed by atoms with E-state index in [-0.39, 0.29) is 11.1 Å². The Labute approximate surface area is 112 Å². The first-order valence-corrected chi connectivity index (χ1v) is 7.58. The zero-order valence-corrected chi connectivity index (χ0v) is 11.7. The summed E-state index contributed by atoms with van der Waals surface area (Å²) in [4.78, 5) is 10.9. The van der Waals surface area contributed by atoms with Crippen molar-refractivity contribution in [3.63, 3.8) is 0 Å². The molecule has 0 amide bonds. The van der Waals surface area contributed by atoms with Crippen LogP contribution in [0.5, 0.6) is 0 Å². The summed E-state index contributed by atoms with van der Waals surface area (Å²) in [6, 6.07) is -0.383. The van der Waals surface area contributed by atoms with E-state index in [1.54, 1.807) is 17.0 Å². The lowest BCUT2D eigenvalue weighted by Gasteiger charge is -2.13. The van der Waals surface area contributed by atoms with Crippen molar-refractivity contribution in [2.45, 2.75) is 37.9 Å². The minimum absolute atomic E-state index is 0.0272. The summed E-state index contributed by atoms with van der Waals surface area (Å²) in [6.45, 7) is 4.49. The number of H-pyrrole nitrogens is 1. The SMILES string of the molecule is CCC(NS(=O)(=O)c1cn(CC)cn1)c1ncc[nH]1. The Kier molecular flexibility index (Phi) is 4.01. The lowest BCUT2D eigenvalue weighted by molar-refractivity contribution is 0.536. The molecule has 0 aliphatic rings. The number of nitrogens with zero attached hydrogens (tertiary/aromatic N) is 3. The molecule has 104 valence electrons. The van der Waals surface area contributed by atoms with Crippen molar-refractivity contribution < 1.29 is 8.42 Å². The summed E-state index contributed by atoms with van der Waals surface area (Å²) < 4.78 is 28.7. The summed E-state index contributed by atoms with van der Waals surface area (Å²) in [7, 11) is -3.63. The van der Waals surface area contributed by atoms with E-state index in [2.05, 4.69) is 19.7 Å². The Hall–Kier alpha value is -1.67. The van der Waals surface area contributed by atoms with Gasteiger partial charge in [0.25, 0.3) is 10.0 Å². The highest BCUT2D eigenvalue weighted by Gasteiger charge is 2.23. The molecule has 8 heteroatoms. The van der Waals surface area contributed by atoms with Crippen molar-refractivity contribution in [3.8, 4) is 0 Å². The molecule has 0 radical (unpaired) electrons.